The van der Waals surface area contributed by atoms with Gasteiger partial charge >= 0.3 is 0 Å². The molecule has 0 aliphatic rings. The second-order valence-electron chi connectivity index (χ2n) is 3.54. The standard InChI is InChI=1S/C10H12N4O2/c1-5-6(2)13-14-9(5)12-10(15)8-7(3)11-4-16-8/h4H,1-3H3,(H2,12,13,14,15). The van der Waals surface area contributed by atoms with Crippen LogP contribution < -0.4 is 5.32 Å². The van der Waals surface area contributed by atoms with Crippen LogP contribution in [0.2, 0.25) is 0 Å². The summed E-state index contributed by atoms with van der Waals surface area (Å²) >= 11 is 0. The minimum Gasteiger partial charge on any atom is -0.438 e. The normalized spacial score (nSPS) is 10.4. The fraction of sp³-hybridized carbons (Fsp3) is 0.300. The molecule has 2 heterocycles. The molecule has 16 heavy (non-hydrogen) atoms. The molecule has 6 nitrogen and oxygen atoms in total. The number of anilines is 1. The zero-order valence-electron chi connectivity index (χ0n) is 9.29. The highest BCUT2D eigenvalue weighted by atomic mass is 16.3. The van der Waals surface area contributed by atoms with Crippen LogP contribution in [0.15, 0.2) is 10.8 Å². The average Bonchev–Trinajstić information content (AvgIpc) is 2.79. The molecule has 6 heteroatoms. The summed E-state index contributed by atoms with van der Waals surface area (Å²) in [6, 6.07) is 0. The fourth-order valence-corrected chi connectivity index (χ4v) is 1.29. The molecular formula is C10H12N4O2. The fourth-order valence-electron chi connectivity index (χ4n) is 1.29. The van der Waals surface area contributed by atoms with Gasteiger partial charge in [-0.25, -0.2) is 4.98 Å². The zero-order chi connectivity index (χ0) is 11.7. The van der Waals surface area contributed by atoms with Crippen molar-refractivity contribution in [3.8, 4) is 0 Å². The van der Waals surface area contributed by atoms with Crippen LogP contribution in [0.1, 0.15) is 27.5 Å². The van der Waals surface area contributed by atoms with Crippen molar-refractivity contribution in [2.24, 2.45) is 0 Å². The summed E-state index contributed by atoms with van der Waals surface area (Å²) in [6.45, 7) is 5.47. The summed E-state index contributed by atoms with van der Waals surface area (Å²) in [5.74, 6) is 0.378. The number of nitrogens with zero attached hydrogens (tertiary/aromatic N) is 2. The number of hydrogen-bond acceptors (Lipinski definition) is 4. The molecule has 2 rings (SSSR count). The van der Waals surface area contributed by atoms with Crippen molar-refractivity contribution in [1.82, 2.24) is 15.2 Å². The first-order valence-corrected chi connectivity index (χ1v) is 4.82. The Bertz CT molecular complexity index is 527. The highest BCUT2D eigenvalue weighted by Crippen LogP contribution is 2.15. The van der Waals surface area contributed by atoms with Crippen molar-refractivity contribution in [2.45, 2.75) is 20.8 Å². The number of amides is 1. The van der Waals surface area contributed by atoms with Gasteiger partial charge in [-0.15, -0.1) is 0 Å². The van der Waals surface area contributed by atoms with Gasteiger partial charge in [0.2, 0.25) is 5.76 Å². The van der Waals surface area contributed by atoms with Gasteiger partial charge in [0.15, 0.2) is 12.2 Å². The van der Waals surface area contributed by atoms with Crippen LogP contribution in [0, 0.1) is 20.8 Å². The third-order valence-electron chi connectivity index (χ3n) is 2.44. The van der Waals surface area contributed by atoms with E-state index in [1.165, 1.54) is 6.39 Å². The van der Waals surface area contributed by atoms with Gasteiger partial charge in [0.1, 0.15) is 0 Å². The predicted octanol–water partition coefficient (Wildman–Crippen LogP) is 1.58. The number of carbonyl (C=O) groups excluding carboxylic acids is 1. The Balaban J connectivity index is 2.20. The van der Waals surface area contributed by atoms with Crippen molar-refractivity contribution >= 4 is 11.7 Å². The highest BCUT2D eigenvalue weighted by molar-refractivity contribution is 6.02. The van der Waals surface area contributed by atoms with E-state index in [1.54, 1.807) is 6.92 Å². The van der Waals surface area contributed by atoms with Crippen molar-refractivity contribution < 1.29 is 9.21 Å². The van der Waals surface area contributed by atoms with Crippen LogP contribution in [0.5, 0.6) is 0 Å². The van der Waals surface area contributed by atoms with Gasteiger partial charge < -0.3 is 9.73 Å². The van der Waals surface area contributed by atoms with Crippen LogP contribution in [0.3, 0.4) is 0 Å². The molecule has 0 saturated carbocycles. The summed E-state index contributed by atoms with van der Waals surface area (Å²) in [7, 11) is 0. The van der Waals surface area contributed by atoms with E-state index in [0.717, 1.165) is 11.3 Å². The molecular weight excluding hydrogens is 208 g/mol. The largest absolute Gasteiger partial charge is 0.438 e. The molecule has 2 aromatic heterocycles. The number of nitrogens with one attached hydrogen (secondary N) is 2. The quantitative estimate of drug-likeness (QED) is 0.804. The van der Waals surface area contributed by atoms with Crippen LogP contribution in [-0.2, 0) is 0 Å². The summed E-state index contributed by atoms with van der Waals surface area (Å²) in [5.41, 5.74) is 2.39. The molecule has 0 fully saturated rings. The number of hydrogen-bond donors (Lipinski definition) is 2. The second kappa shape index (κ2) is 3.80. The third-order valence-corrected chi connectivity index (χ3v) is 2.44. The molecule has 84 valence electrons. The van der Waals surface area contributed by atoms with Gasteiger partial charge in [0.05, 0.1) is 5.69 Å². The molecule has 2 N–H and O–H groups in total. The zero-order valence-corrected chi connectivity index (χ0v) is 9.29. The minimum absolute atomic E-state index is 0.208. The van der Waals surface area contributed by atoms with Gasteiger partial charge in [-0.05, 0) is 20.8 Å². The smallest absolute Gasteiger partial charge is 0.294 e. The van der Waals surface area contributed by atoms with E-state index in [1.807, 2.05) is 13.8 Å². The molecule has 0 radical (unpaired) electrons. The molecule has 0 bridgehead atoms. The van der Waals surface area contributed by atoms with E-state index in [-0.39, 0.29) is 11.7 Å². The van der Waals surface area contributed by atoms with E-state index in [9.17, 15) is 4.79 Å². The van der Waals surface area contributed by atoms with Crippen molar-refractivity contribution in [3.05, 3.63) is 29.1 Å². The molecule has 0 aliphatic heterocycles. The molecule has 0 saturated heterocycles. The van der Waals surface area contributed by atoms with Crippen LogP contribution >= 0.6 is 0 Å². The topological polar surface area (TPSA) is 83.8 Å². The van der Waals surface area contributed by atoms with E-state index >= 15 is 0 Å². The van der Waals surface area contributed by atoms with Gasteiger partial charge in [-0.2, -0.15) is 5.10 Å². The van der Waals surface area contributed by atoms with Gasteiger partial charge in [0, 0.05) is 11.3 Å². The van der Waals surface area contributed by atoms with Gasteiger partial charge in [-0.3, -0.25) is 9.89 Å². The van der Waals surface area contributed by atoms with E-state index in [4.69, 9.17) is 4.42 Å². The first kappa shape index (κ1) is 10.4. The third kappa shape index (κ3) is 1.69. The number of aromatic amines is 1. The monoisotopic (exact) mass is 220 g/mol. The van der Waals surface area contributed by atoms with Gasteiger partial charge in [-0.1, -0.05) is 0 Å². The number of rotatable bonds is 2. The Morgan fingerprint density at radius 1 is 1.44 bits per heavy atom. The Labute approximate surface area is 92.1 Å². The van der Waals surface area contributed by atoms with Crippen LogP contribution in [0.4, 0.5) is 5.82 Å². The summed E-state index contributed by atoms with van der Waals surface area (Å²) in [4.78, 5) is 15.6. The van der Waals surface area contributed by atoms with Crippen LogP contribution in [-0.4, -0.2) is 21.1 Å². The Morgan fingerprint density at radius 3 is 2.69 bits per heavy atom. The minimum atomic E-state index is -0.343. The maximum Gasteiger partial charge on any atom is 0.294 e. The summed E-state index contributed by atoms with van der Waals surface area (Å²) < 4.78 is 4.98. The first-order chi connectivity index (χ1) is 7.59. The first-order valence-electron chi connectivity index (χ1n) is 4.82. The number of H-pyrrole nitrogens is 1. The Morgan fingerprint density at radius 2 is 2.19 bits per heavy atom. The number of carbonyl (C=O) groups is 1. The predicted molar refractivity (Wildman–Crippen MR) is 57.3 cm³/mol. The number of oxazole rings is 1. The molecule has 0 spiro atoms. The van der Waals surface area contributed by atoms with Crippen LogP contribution in [0.25, 0.3) is 0 Å². The lowest BCUT2D eigenvalue weighted by molar-refractivity contribution is 0.0995. The lowest BCUT2D eigenvalue weighted by Crippen LogP contribution is -2.13. The maximum absolute atomic E-state index is 11.8. The lowest BCUT2D eigenvalue weighted by Gasteiger charge is -2.00. The van der Waals surface area contributed by atoms with E-state index < -0.39 is 0 Å². The molecule has 0 aromatic carbocycles. The van der Waals surface area contributed by atoms with E-state index in [2.05, 4.69) is 20.5 Å². The number of aromatic nitrogens is 3. The average molecular weight is 220 g/mol. The SMILES string of the molecule is Cc1ncoc1C(=O)Nc1n[nH]c(C)c1C. The van der Waals surface area contributed by atoms with Crippen molar-refractivity contribution in [1.29, 1.82) is 0 Å². The Hall–Kier alpha value is -2.11. The lowest BCUT2D eigenvalue weighted by atomic mass is 10.2. The highest BCUT2D eigenvalue weighted by Gasteiger charge is 2.16. The molecule has 1 amide bonds. The van der Waals surface area contributed by atoms with E-state index in [0.29, 0.717) is 11.5 Å². The second-order valence-corrected chi connectivity index (χ2v) is 3.54. The van der Waals surface area contributed by atoms with Crippen molar-refractivity contribution in [2.75, 3.05) is 5.32 Å². The molecule has 2 aromatic rings. The summed E-state index contributed by atoms with van der Waals surface area (Å²) in [6.07, 6.45) is 1.24. The van der Waals surface area contributed by atoms with Crippen molar-refractivity contribution in [3.63, 3.8) is 0 Å². The van der Waals surface area contributed by atoms with Gasteiger partial charge in [0.25, 0.3) is 5.91 Å². The molecule has 0 aliphatic carbocycles. The Kier molecular flexibility index (Phi) is 2.47. The maximum atomic E-state index is 11.8. The number of aryl methyl sites for hydroxylation is 2. The summed E-state index contributed by atoms with van der Waals surface area (Å²) in [5, 5.41) is 9.43. The molecule has 0 unspecified atom stereocenters. The molecule has 0 atom stereocenters.